The van der Waals surface area contributed by atoms with E-state index in [1.54, 1.807) is 0 Å². The highest BCUT2D eigenvalue weighted by atomic mass is 32.2. The topological polar surface area (TPSA) is 84.2 Å². The van der Waals surface area contributed by atoms with Crippen LogP contribution in [-0.2, 0) is 10.0 Å². The zero-order chi connectivity index (χ0) is 9.03. The highest BCUT2D eigenvalue weighted by molar-refractivity contribution is 7.89. The number of rotatable bonds is 4. The first-order chi connectivity index (χ1) is 5.58. The summed E-state index contributed by atoms with van der Waals surface area (Å²) in [4.78, 5) is 0. The predicted octanol–water partition coefficient (Wildman–Crippen LogP) is -1.77. The van der Waals surface area contributed by atoms with Crippen LogP contribution in [0.4, 0.5) is 0 Å². The van der Waals surface area contributed by atoms with Crippen LogP contribution < -0.4 is 15.8 Å². The van der Waals surface area contributed by atoms with Gasteiger partial charge in [-0.25, -0.2) is 13.6 Å². The molecule has 1 rings (SSSR count). The van der Waals surface area contributed by atoms with Crippen molar-refractivity contribution in [3.05, 3.63) is 0 Å². The van der Waals surface area contributed by atoms with Crippen LogP contribution in [0.1, 0.15) is 6.42 Å². The van der Waals surface area contributed by atoms with E-state index in [9.17, 15) is 8.42 Å². The minimum atomic E-state index is -3.30. The molecule has 1 aliphatic rings. The minimum absolute atomic E-state index is 0.0174. The lowest BCUT2D eigenvalue weighted by atomic mass is 10.3. The Bertz CT molecular complexity index is 221. The molecule has 12 heavy (non-hydrogen) atoms. The third kappa shape index (κ3) is 4.01. The minimum Gasteiger partial charge on any atom is -0.315 e. The van der Waals surface area contributed by atoms with Gasteiger partial charge in [0.25, 0.3) is 0 Å². The van der Waals surface area contributed by atoms with E-state index < -0.39 is 10.0 Å². The molecule has 0 spiro atoms. The van der Waals surface area contributed by atoms with Gasteiger partial charge in [0.15, 0.2) is 0 Å². The van der Waals surface area contributed by atoms with Crippen molar-refractivity contribution < 1.29 is 8.42 Å². The Kier molecular flexibility index (Phi) is 3.45. The summed E-state index contributed by atoms with van der Waals surface area (Å²) < 4.78 is 21.1. The average Bonchev–Trinajstić information content (AvgIpc) is 2.36. The molecule has 4 N–H and O–H groups in total. The van der Waals surface area contributed by atoms with E-state index in [4.69, 9.17) is 5.14 Å². The van der Waals surface area contributed by atoms with Gasteiger partial charge in [0.1, 0.15) is 0 Å². The molecule has 0 amide bonds. The smallest absolute Gasteiger partial charge is 0.210 e. The number of hydrogen-bond donors (Lipinski definition) is 3. The van der Waals surface area contributed by atoms with Gasteiger partial charge in [0.2, 0.25) is 10.0 Å². The molecule has 5 nitrogen and oxygen atoms in total. The molecule has 0 aliphatic carbocycles. The molecule has 0 bridgehead atoms. The van der Waals surface area contributed by atoms with Gasteiger partial charge in [0, 0.05) is 19.1 Å². The van der Waals surface area contributed by atoms with Crippen molar-refractivity contribution in [2.24, 2.45) is 5.14 Å². The first kappa shape index (κ1) is 9.91. The Hall–Kier alpha value is -0.170. The summed E-state index contributed by atoms with van der Waals surface area (Å²) >= 11 is 0. The summed E-state index contributed by atoms with van der Waals surface area (Å²) in [7, 11) is -3.30. The molecule has 0 radical (unpaired) electrons. The Morgan fingerprint density at radius 3 is 2.83 bits per heavy atom. The zero-order valence-electron chi connectivity index (χ0n) is 6.91. The average molecular weight is 193 g/mol. The molecule has 1 heterocycles. The fraction of sp³-hybridized carbons (Fsp3) is 1.00. The monoisotopic (exact) mass is 193 g/mol. The second-order valence-corrected chi connectivity index (χ2v) is 4.74. The van der Waals surface area contributed by atoms with E-state index in [0.29, 0.717) is 12.6 Å². The molecular weight excluding hydrogens is 178 g/mol. The molecule has 0 saturated carbocycles. The van der Waals surface area contributed by atoms with Crippen LogP contribution in [0.15, 0.2) is 0 Å². The van der Waals surface area contributed by atoms with Crippen LogP contribution in [0.5, 0.6) is 0 Å². The van der Waals surface area contributed by atoms with E-state index >= 15 is 0 Å². The van der Waals surface area contributed by atoms with Gasteiger partial charge in [-0.15, -0.1) is 0 Å². The maximum absolute atomic E-state index is 10.5. The lowest BCUT2D eigenvalue weighted by Crippen LogP contribution is -2.35. The third-order valence-electron chi connectivity index (χ3n) is 1.88. The molecule has 1 saturated heterocycles. The van der Waals surface area contributed by atoms with Crippen LogP contribution in [0.3, 0.4) is 0 Å². The van der Waals surface area contributed by atoms with Crippen molar-refractivity contribution in [3.8, 4) is 0 Å². The van der Waals surface area contributed by atoms with Gasteiger partial charge < -0.3 is 10.6 Å². The number of primary sulfonamides is 1. The third-order valence-corrected chi connectivity index (χ3v) is 2.65. The summed E-state index contributed by atoms with van der Waals surface area (Å²) in [6.07, 6.45) is 1.06. The lowest BCUT2D eigenvalue weighted by Gasteiger charge is -2.09. The molecule has 1 fully saturated rings. The predicted molar refractivity (Wildman–Crippen MR) is 47.3 cm³/mol. The van der Waals surface area contributed by atoms with E-state index in [1.807, 2.05) is 0 Å². The quantitative estimate of drug-likeness (QED) is 0.493. The molecular formula is C6H15N3O2S. The van der Waals surface area contributed by atoms with Gasteiger partial charge in [-0.1, -0.05) is 0 Å². The van der Waals surface area contributed by atoms with Crippen LogP contribution >= 0.6 is 0 Å². The standard InChI is InChI=1S/C6H15N3O2S/c7-12(10,11)4-3-9-6-1-2-8-5-6/h6,8-9H,1-5H2,(H2,7,10,11). The number of hydrogen-bond acceptors (Lipinski definition) is 4. The van der Waals surface area contributed by atoms with Crippen LogP contribution in [-0.4, -0.2) is 39.8 Å². The lowest BCUT2D eigenvalue weighted by molar-refractivity contribution is 0.556. The van der Waals surface area contributed by atoms with Crippen molar-refractivity contribution in [2.45, 2.75) is 12.5 Å². The second-order valence-electron chi connectivity index (χ2n) is 3.01. The van der Waals surface area contributed by atoms with Crippen molar-refractivity contribution in [2.75, 3.05) is 25.4 Å². The largest absolute Gasteiger partial charge is 0.315 e. The molecule has 0 aromatic heterocycles. The summed E-state index contributed by atoms with van der Waals surface area (Å²) in [6.45, 7) is 2.38. The van der Waals surface area contributed by atoms with E-state index in [0.717, 1.165) is 19.5 Å². The van der Waals surface area contributed by atoms with E-state index in [1.165, 1.54) is 0 Å². The van der Waals surface area contributed by atoms with E-state index in [-0.39, 0.29) is 5.75 Å². The maximum atomic E-state index is 10.5. The number of sulfonamides is 1. The van der Waals surface area contributed by atoms with Crippen LogP contribution in [0.2, 0.25) is 0 Å². The van der Waals surface area contributed by atoms with Gasteiger partial charge >= 0.3 is 0 Å². The fourth-order valence-corrected chi connectivity index (χ4v) is 1.64. The zero-order valence-corrected chi connectivity index (χ0v) is 7.73. The molecule has 1 atom stereocenters. The van der Waals surface area contributed by atoms with Gasteiger partial charge in [-0.05, 0) is 13.0 Å². The Balaban J connectivity index is 2.09. The normalized spacial score (nSPS) is 24.6. The SMILES string of the molecule is NS(=O)(=O)CCNC1CCNC1. The highest BCUT2D eigenvalue weighted by Crippen LogP contribution is 1.95. The summed E-state index contributed by atoms with van der Waals surface area (Å²) in [6, 6.07) is 0.409. The highest BCUT2D eigenvalue weighted by Gasteiger charge is 2.13. The van der Waals surface area contributed by atoms with Crippen LogP contribution in [0, 0.1) is 0 Å². The van der Waals surface area contributed by atoms with Crippen molar-refractivity contribution >= 4 is 10.0 Å². The molecule has 0 aromatic rings. The van der Waals surface area contributed by atoms with Crippen molar-refractivity contribution in [3.63, 3.8) is 0 Å². The van der Waals surface area contributed by atoms with Crippen molar-refractivity contribution in [1.29, 1.82) is 0 Å². The fourth-order valence-electron chi connectivity index (χ4n) is 1.23. The Morgan fingerprint density at radius 2 is 2.33 bits per heavy atom. The van der Waals surface area contributed by atoms with Crippen molar-refractivity contribution in [1.82, 2.24) is 10.6 Å². The Labute approximate surface area is 72.8 Å². The van der Waals surface area contributed by atoms with Gasteiger partial charge in [0.05, 0.1) is 5.75 Å². The second kappa shape index (κ2) is 4.18. The number of nitrogens with two attached hydrogens (primary N) is 1. The maximum Gasteiger partial charge on any atom is 0.210 e. The first-order valence-corrected chi connectivity index (χ1v) is 5.74. The number of nitrogens with one attached hydrogen (secondary N) is 2. The summed E-state index contributed by atoms with van der Waals surface area (Å²) in [5.41, 5.74) is 0. The van der Waals surface area contributed by atoms with E-state index in [2.05, 4.69) is 10.6 Å². The molecule has 1 aliphatic heterocycles. The summed E-state index contributed by atoms with van der Waals surface area (Å²) in [5, 5.41) is 11.1. The molecule has 0 aromatic carbocycles. The first-order valence-electron chi connectivity index (χ1n) is 4.02. The molecule has 1 unspecified atom stereocenters. The molecule has 72 valence electrons. The van der Waals surface area contributed by atoms with Gasteiger partial charge in [-0.2, -0.15) is 0 Å². The Morgan fingerprint density at radius 1 is 1.58 bits per heavy atom. The van der Waals surface area contributed by atoms with Crippen LogP contribution in [0.25, 0.3) is 0 Å². The molecule has 6 heteroatoms. The van der Waals surface area contributed by atoms with Gasteiger partial charge in [-0.3, -0.25) is 0 Å². The summed E-state index contributed by atoms with van der Waals surface area (Å²) in [5.74, 6) is 0.0174.